The van der Waals surface area contributed by atoms with Gasteiger partial charge in [-0.25, -0.2) is 8.42 Å². The number of carbonyl (C=O) groups is 1. The SMILES string of the molecule is CC(C)c1ccc(CCC(=O)N(C)C2CCCCC2S(C)(=O)=O)cc1. The van der Waals surface area contributed by atoms with E-state index >= 15 is 0 Å². The molecule has 0 N–H and O–H groups in total. The molecule has 2 rings (SSSR count). The van der Waals surface area contributed by atoms with Crippen molar-refractivity contribution in [1.29, 1.82) is 0 Å². The predicted octanol–water partition coefficient (Wildman–Crippen LogP) is 3.56. The highest BCUT2D eigenvalue weighted by Gasteiger charge is 2.36. The Kier molecular flexibility index (Phi) is 6.66. The fourth-order valence-electron chi connectivity index (χ4n) is 3.70. The van der Waals surface area contributed by atoms with Crippen molar-refractivity contribution in [2.75, 3.05) is 13.3 Å². The van der Waals surface area contributed by atoms with Crippen molar-refractivity contribution in [2.45, 2.75) is 69.6 Å². The molecule has 0 radical (unpaired) electrons. The van der Waals surface area contributed by atoms with Crippen LogP contribution in [0, 0.1) is 0 Å². The van der Waals surface area contributed by atoms with Crippen molar-refractivity contribution in [1.82, 2.24) is 4.90 Å². The number of benzene rings is 1. The molecular formula is C20H31NO3S. The van der Waals surface area contributed by atoms with Gasteiger partial charge >= 0.3 is 0 Å². The first-order valence-electron chi connectivity index (χ1n) is 9.23. The Hall–Kier alpha value is -1.36. The largest absolute Gasteiger partial charge is 0.341 e. The minimum Gasteiger partial charge on any atom is -0.341 e. The molecule has 0 spiro atoms. The van der Waals surface area contributed by atoms with Crippen molar-refractivity contribution in [3.8, 4) is 0 Å². The molecule has 2 unspecified atom stereocenters. The minimum atomic E-state index is -3.13. The third-order valence-electron chi connectivity index (χ3n) is 5.38. The maximum absolute atomic E-state index is 12.6. The number of carbonyl (C=O) groups excluding carboxylic acids is 1. The van der Waals surface area contributed by atoms with Crippen LogP contribution in [0.1, 0.15) is 63.0 Å². The second-order valence-corrected chi connectivity index (χ2v) is 9.89. The van der Waals surface area contributed by atoms with E-state index in [4.69, 9.17) is 0 Å². The fraction of sp³-hybridized carbons (Fsp3) is 0.650. The van der Waals surface area contributed by atoms with Crippen LogP contribution in [0.5, 0.6) is 0 Å². The molecule has 1 aromatic rings. The predicted molar refractivity (Wildman–Crippen MR) is 103 cm³/mol. The summed E-state index contributed by atoms with van der Waals surface area (Å²) in [5, 5.41) is -0.416. The Morgan fingerprint density at radius 3 is 2.32 bits per heavy atom. The number of nitrogens with zero attached hydrogens (tertiary/aromatic N) is 1. The summed E-state index contributed by atoms with van der Waals surface area (Å²) in [6.45, 7) is 4.33. The summed E-state index contributed by atoms with van der Waals surface area (Å²) in [7, 11) is -1.37. The van der Waals surface area contributed by atoms with E-state index in [0.29, 0.717) is 25.2 Å². The molecule has 1 saturated carbocycles. The summed E-state index contributed by atoms with van der Waals surface area (Å²) in [6.07, 6.45) is 5.77. The molecule has 1 fully saturated rings. The van der Waals surface area contributed by atoms with Gasteiger partial charge in [0.2, 0.25) is 5.91 Å². The Morgan fingerprint density at radius 2 is 1.76 bits per heavy atom. The van der Waals surface area contributed by atoms with Crippen LogP contribution < -0.4 is 0 Å². The lowest BCUT2D eigenvalue weighted by Gasteiger charge is -2.37. The van der Waals surface area contributed by atoms with Gasteiger partial charge in [-0.3, -0.25) is 4.79 Å². The van der Waals surface area contributed by atoms with Gasteiger partial charge in [-0.1, -0.05) is 51.0 Å². The lowest BCUT2D eigenvalue weighted by molar-refractivity contribution is -0.132. The van der Waals surface area contributed by atoms with E-state index in [1.807, 2.05) is 0 Å². The van der Waals surface area contributed by atoms with Crippen LogP contribution in [0.25, 0.3) is 0 Å². The van der Waals surface area contributed by atoms with Crippen molar-refractivity contribution >= 4 is 15.7 Å². The molecule has 0 heterocycles. The highest BCUT2D eigenvalue weighted by atomic mass is 32.2. The molecule has 0 aliphatic heterocycles. The van der Waals surface area contributed by atoms with Crippen LogP contribution >= 0.6 is 0 Å². The molecule has 1 amide bonds. The topological polar surface area (TPSA) is 54.5 Å². The Balaban J connectivity index is 1.97. The summed E-state index contributed by atoms with van der Waals surface area (Å²) < 4.78 is 24.1. The summed E-state index contributed by atoms with van der Waals surface area (Å²) in [5.41, 5.74) is 2.44. The number of amides is 1. The van der Waals surface area contributed by atoms with Crippen LogP contribution in [0.15, 0.2) is 24.3 Å². The fourth-order valence-corrected chi connectivity index (χ4v) is 5.19. The summed E-state index contributed by atoms with van der Waals surface area (Å²) in [4.78, 5) is 14.3. The summed E-state index contributed by atoms with van der Waals surface area (Å²) in [5.74, 6) is 0.537. The zero-order valence-electron chi connectivity index (χ0n) is 15.9. The molecule has 1 aliphatic rings. The third-order valence-corrected chi connectivity index (χ3v) is 7.03. The Bertz CT molecular complexity index is 679. The van der Waals surface area contributed by atoms with Gasteiger partial charge in [0, 0.05) is 25.8 Å². The number of hydrogen-bond acceptors (Lipinski definition) is 3. The highest BCUT2D eigenvalue weighted by Crippen LogP contribution is 2.28. The first kappa shape index (κ1) is 20.0. The van der Waals surface area contributed by atoms with Crippen molar-refractivity contribution < 1.29 is 13.2 Å². The average Bonchev–Trinajstić information content (AvgIpc) is 2.58. The van der Waals surface area contributed by atoms with Crippen molar-refractivity contribution in [3.63, 3.8) is 0 Å². The molecule has 140 valence electrons. The minimum absolute atomic E-state index is 0.0356. The third kappa shape index (κ3) is 5.30. The zero-order chi connectivity index (χ0) is 18.6. The summed E-state index contributed by atoms with van der Waals surface area (Å²) >= 11 is 0. The van der Waals surface area contributed by atoms with Gasteiger partial charge in [0.15, 0.2) is 9.84 Å². The van der Waals surface area contributed by atoms with Crippen LogP contribution in [0.4, 0.5) is 0 Å². The lowest BCUT2D eigenvalue weighted by Crippen LogP contribution is -2.49. The van der Waals surface area contributed by atoms with Crippen LogP contribution in [-0.2, 0) is 21.1 Å². The zero-order valence-corrected chi connectivity index (χ0v) is 16.7. The van der Waals surface area contributed by atoms with Gasteiger partial charge in [0.05, 0.1) is 5.25 Å². The van der Waals surface area contributed by atoms with Gasteiger partial charge in [0.25, 0.3) is 0 Å². The van der Waals surface area contributed by atoms with E-state index in [9.17, 15) is 13.2 Å². The molecule has 25 heavy (non-hydrogen) atoms. The smallest absolute Gasteiger partial charge is 0.222 e. The van der Waals surface area contributed by atoms with Crippen LogP contribution in [-0.4, -0.2) is 43.8 Å². The van der Waals surface area contributed by atoms with Crippen molar-refractivity contribution in [3.05, 3.63) is 35.4 Å². The van der Waals surface area contributed by atoms with E-state index in [1.54, 1.807) is 11.9 Å². The maximum atomic E-state index is 12.6. The number of rotatable bonds is 6. The normalized spacial score (nSPS) is 21.3. The molecule has 4 nitrogen and oxygen atoms in total. The Labute approximate surface area is 152 Å². The van der Waals surface area contributed by atoms with Gasteiger partial charge in [-0.2, -0.15) is 0 Å². The standard InChI is InChI=1S/C20H31NO3S/c1-15(2)17-12-9-16(10-13-17)11-14-20(22)21(3)18-7-5-6-8-19(18)25(4,23)24/h9-10,12-13,15,18-19H,5-8,11,14H2,1-4H3. The molecule has 1 aromatic carbocycles. The highest BCUT2D eigenvalue weighted by molar-refractivity contribution is 7.91. The lowest BCUT2D eigenvalue weighted by atomic mass is 9.93. The van der Waals surface area contributed by atoms with Gasteiger partial charge < -0.3 is 4.90 Å². The molecule has 0 bridgehead atoms. The molecule has 1 aliphatic carbocycles. The Morgan fingerprint density at radius 1 is 1.16 bits per heavy atom. The van der Waals surface area contributed by atoms with E-state index in [0.717, 1.165) is 24.8 Å². The quantitative estimate of drug-likeness (QED) is 0.774. The number of hydrogen-bond donors (Lipinski definition) is 0. The average molecular weight is 366 g/mol. The molecular weight excluding hydrogens is 334 g/mol. The van der Waals surface area contributed by atoms with Gasteiger partial charge in [-0.15, -0.1) is 0 Å². The van der Waals surface area contributed by atoms with Gasteiger partial charge in [0.1, 0.15) is 0 Å². The molecule has 0 saturated heterocycles. The second-order valence-electron chi connectivity index (χ2n) is 7.62. The molecule has 5 heteroatoms. The first-order valence-corrected chi connectivity index (χ1v) is 11.2. The molecule has 2 atom stereocenters. The number of aryl methyl sites for hydroxylation is 1. The first-order chi connectivity index (χ1) is 11.7. The monoisotopic (exact) mass is 365 g/mol. The van der Waals surface area contributed by atoms with E-state index in [-0.39, 0.29) is 11.9 Å². The van der Waals surface area contributed by atoms with E-state index < -0.39 is 15.1 Å². The van der Waals surface area contributed by atoms with Crippen LogP contribution in [0.3, 0.4) is 0 Å². The second kappa shape index (κ2) is 8.35. The number of sulfone groups is 1. The summed E-state index contributed by atoms with van der Waals surface area (Å²) in [6, 6.07) is 8.23. The van der Waals surface area contributed by atoms with E-state index in [1.165, 1.54) is 11.8 Å². The van der Waals surface area contributed by atoms with Gasteiger partial charge in [-0.05, 0) is 36.3 Å². The maximum Gasteiger partial charge on any atom is 0.222 e. The van der Waals surface area contributed by atoms with E-state index in [2.05, 4.69) is 38.1 Å². The molecule has 0 aromatic heterocycles. The van der Waals surface area contributed by atoms with Crippen LogP contribution in [0.2, 0.25) is 0 Å². The van der Waals surface area contributed by atoms with Crippen molar-refractivity contribution in [2.24, 2.45) is 0 Å².